The Morgan fingerprint density at radius 2 is 2.39 bits per heavy atom. The Hall–Kier alpha value is -2.18. The van der Waals surface area contributed by atoms with Gasteiger partial charge >= 0.3 is 0 Å². The first-order valence-corrected chi connectivity index (χ1v) is 5.65. The molecule has 2 rings (SSSR count). The number of nitrogens with zero attached hydrogens (tertiary/aromatic N) is 2. The summed E-state index contributed by atoms with van der Waals surface area (Å²) in [6.45, 7) is 0. The van der Waals surface area contributed by atoms with Crippen LogP contribution in [0.4, 0.5) is 0 Å². The Labute approximate surface area is 104 Å². The van der Waals surface area contributed by atoms with Crippen molar-refractivity contribution in [1.29, 1.82) is 0 Å². The van der Waals surface area contributed by atoms with Crippen molar-refractivity contribution < 1.29 is 14.4 Å². The highest BCUT2D eigenvalue weighted by Gasteiger charge is 2.27. The fourth-order valence-electron chi connectivity index (χ4n) is 1.79. The molecule has 0 spiro atoms. The molecule has 0 saturated carbocycles. The van der Waals surface area contributed by atoms with Crippen molar-refractivity contribution in [3.8, 4) is 0 Å². The fourth-order valence-corrected chi connectivity index (χ4v) is 1.79. The first kappa shape index (κ1) is 12.3. The summed E-state index contributed by atoms with van der Waals surface area (Å²) in [5.74, 6) is -0.396. The molecule has 0 aromatic carbocycles. The molecular weight excluding hydrogens is 236 g/mol. The van der Waals surface area contributed by atoms with Gasteiger partial charge in [0.15, 0.2) is 0 Å². The second-order valence-corrected chi connectivity index (χ2v) is 4.20. The van der Waals surface area contributed by atoms with Gasteiger partial charge in [-0.25, -0.2) is 4.98 Å². The Morgan fingerprint density at radius 3 is 3.00 bits per heavy atom. The molecule has 1 aromatic heterocycles. The SMILES string of the molecule is Cn1ccnc1CC(=O)NC1CCC(=O)NC1=O. The van der Waals surface area contributed by atoms with Crippen LogP contribution in [-0.2, 0) is 27.9 Å². The van der Waals surface area contributed by atoms with Crippen molar-refractivity contribution in [1.82, 2.24) is 20.2 Å². The highest BCUT2D eigenvalue weighted by molar-refractivity contribution is 6.01. The highest BCUT2D eigenvalue weighted by atomic mass is 16.2. The number of rotatable bonds is 3. The Bertz CT molecular complexity index is 494. The molecule has 0 bridgehead atoms. The monoisotopic (exact) mass is 250 g/mol. The van der Waals surface area contributed by atoms with Gasteiger partial charge in [0.05, 0.1) is 6.42 Å². The van der Waals surface area contributed by atoms with Crippen molar-refractivity contribution >= 4 is 17.7 Å². The van der Waals surface area contributed by atoms with Gasteiger partial charge in [-0.2, -0.15) is 0 Å². The van der Waals surface area contributed by atoms with Gasteiger partial charge in [0.2, 0.25) is 17.7 Å². The Morgan fingerprint density at radius 1 is 1.61 bits per heavy atom. The van der Waals surface area contributed by atoms with Gasteiger partial charge in [-0.15, -0.1) is 0 Å². The molecule has 0 aliphatic carbocycles. The summed E-state index contributed by atoms with van der Waals surface area (Å²) >= 11 is 0. The molecule has 1 aromatic rings. The maximum absolute atomic E-state index is 11.7. The number of imide groups is 1. The lowest BCUT2D eigenvalue weighted by Crippen LogP contribution is -2.52. The zero-order chi connectivity index (χ0) is 13.1. The molecule has 18 heavy (non-hydrogen) atoms. The first-order valence-electron chi connectivity index (χ1n) is 5.65. The normalized spacial score (nSPS) is 19.5. The van der Waals surface area contributed by atoms with Gasteiger partial charge < -0.3 is 9.88 Å². The minimum Gasteiger partial charge on any atom is -0.344 e. The number of imidazole rings is 1. The van der Waals surface area contributed by atoms with Crippen LogP contribution in [-0.4, -0.2) is 33.3 Å². The van der Waals surface area contributed by atoms with E-state index >= 15 is 0 Å². The smallest absolute Gasteiger partial charge is 0.249 e. The number of aryl methyl sites for hydroxylation is 1. The third kappa shape index (κ3) is 2.73. The van der Waals surface area contributed by atoms with E-state index in [2.05, 4.69) is 15.6 Å². The summed E-state index contributed by atoms with van der Waals surface area (Å²) in [5.41, 5.74) is 0. The van der Waals surface area contributed by atoms with Gasteiger partial charge in [-0.3, -0.25) is 19.7 Å². The van der Waals surface area contributed by atoms with E-state index < -0.39 is 11.9 Å². The molecule has 1 fully saturated rings. The second-order valence-electron chi connectivity index (χ2n) is 4.20. The maximum Gasteiger partial charge on any atom is 0.249 e. The molecule has 1 aliphatic rings. The molecule has 1 atom stereocenters. The molecule has 1 saturated heterocycles. The molecule has 3 amide bonds. The van der Waals surface area contributed by atoms with E-state index in [0.717, 1.165) is 0 Å². The highest BCUT2D eigenvalue weighted by Crippen LogP contribution is 2.05. The maximum atomic E-state index is 11.7. The van der Waals surface area contributed by atoms with Crippen LogP contribution in [0.1, 0.15) is 18.7 Å². The predicted molar refractivity (Wildman–Crippen MR) is 61.2 cm³/mol. The van der Waals surface area contributed by atoms with Gasteiger partial charge in [-0.05, 0) is 6.42 Å². The molecule has 7 nitrogen and oxygen atoms in total. The average Bonchev–Trinajstić information content (AvgIpc) is 2.69. The third-order valence-corrected chi connectivity index (χ3v) is 2.81. The van der Waals surface area contributed by atoms with Crippen molar-refractivity contribution in [2.45, 2.75) is 25.3 Å². The van der Waals surface area contributed by atoms with E-state index in [1.165, 1.54) is 0 Å². The number of carbonyl (C=O) groups is 3. The van der Waals surface area contributed by atoms with Crippen molar-refractivity contribution in [2.24, 2.45) is 7.05 Å². The van der Waals surface area contributed by atoms with Crippen molar-refractivity contribution in [3.63, 3.8) is 0 Å². The van der Waals surface area contributed by atoms with Crippen LogP contribution >= 0.6 is 0 Å². The van der Waals surface area contributed by atoms with Crippen molar-refractivity contribution in [3.05, 3.63) is 18.2 Å². The largest absolute Gasteiger partial charge is 0.344 e. The summed E-state index contributed by atoms with van der Waals surface area (Å²) in [6.07, 6.45) is 4.06. The molecule has 0 radical (unpaired) electrons. The summed E-state index contributed by atoms with van der Waals surface area (Å²) in [7, 11) is 1.79. The number of aromatic nitrogens is 2. The number of carbonyl (C=O) groups excluding carboxylic acids is 3. The van der Waals surface area contributed by atoms with E-state index in [0.29, 0.717) is 12.2 Å². The molecule has 7 heteroatoms. The van der Waals surface area contributed by atoms with Crippen LogP contribution in [0.3, 0.4) is 0 Å². The van der Waals surface area contributed by atoms with Gasteiger partial charge in [0.25, 0.3) is 0 Å². The molecule has 2 N–H and O–H groups in total. The van der Waals surface area contributed by atoms with Crippen LogP contribution in [0.5, 0.6) is 0 Å². The molecular formula is C11H14N4O3. The minimum absolute atomic E-state index is 0.112. The summed E-state index contributed by atoms with van der Waals surface area (Å²) in [6, 6.07) is -0.629. The lowest BCUT2D eigenvalue weighted by atomic mass is 10.1. The van der Waals surface area contributed by atoms with Crippen LogP contribution < -0.4 is 10.6 Å². The topological polar surface area (TPSA) is 93.1 Å². The lowest BCUT2D eigenvalue weighted by molar-refractivity contribution is -0.137. The quantitative estimate of drug-likeness (QED) is 0.665. The van der Waals surface area contributed by atoms with Gasteiger partial charge in [0, 0.05) is 25.9 Å². The number of piperidine rings is 1. The molecule has 96 valence electrons. The zero-order valence-corrected chi connectivity index (χ0v) is 9.97. The van der Waals surface area contributed by atoms with Crippen molar-refractivity contribution in [2.75, 3.05) is 0 Å². The molecule has 1 unspecified atom stereocenters. The summed E-state index contributed by atoms with van der Waals surface area (Å²) in [4.78, 5) is 38.1. The van der Waals surface area contributed by atoms with Crippen LogP contribution in [0.2, 0.25) is 0 Å². The first-order chi connectivity index (χ1) is 8.56. The fraction of sp³-hybridized carbons (Fsp3) is 0.455. The van der Waals surface area contributed by atoms with E-state index in [9.17, 15) is 14.4 Å². The Kier molecular flexibility index (Phi) is 3.40. The summed E-state index contributed by atoms with van der Waals surface area (Å²) in [5, 5.41) is 4.79. The predicted octanol–water partition coefficient (Wildman–Crippen LogP) is -1.12. The van der Waals surface area contributed by atoms with Crippen LogP contribution in [0, 0.1) is 0 Å². The molecule has 2 heterocycles. The second kappa shape index (κ2) is 4.99. The van der Waals surface area contributed by atoms with E-state index in [-0.39, 0.29) is 24.7 Å². The minimum atomic E-state index is -0.629. The molecule has 1 aliphatic heterocycles. The van der Waals surface area contributed by atoms with Crippen LogP contribution in [0.15, 0.2) is 12.4 Å². The number of hydrogen-bond acceptors (Lipinski definition) is 4. The lowest BCUT2D eigenvalue weighted by Gasteiger charge is -2.21. The Balaban J connectivity index is 1.90. The van der Waals surface area contributed by atoms with Gasteiger partial charge in [0.1, 0.15) is 11.9 Å². The average molecular weight is 250 g/mol. The van der Waals surface area contributed by atoms with Gasteiger partial charge in [-0.1, -0.05) is 0 Å². The third-order valence-electron chi connectivity index (χ3n) is 2.81. The number of hydrogen-bond donors (Lipinski definition) is 2. The van der Waals surface area contributed by atoms with Crippen LogP contribution in [0.25, 0.3) is 0 Å². The standard InChI is InChI=1S/C11H14N4O3/c1-15-5-4-12-8(15)6-10(17)13-7-2-3-9(16)14-11(7)18/h4-5,7H,2-3,6H2,1H3,(H,13,17)(H,14,16,18). The van der Waals surface area contributed by atoms with E-state index in [4.69, 9.17) is 0 Å². The van der Waals surface area contributed by atoms with E-state index in [1.807, 2.05) is 0 Å². The summed E-state index contributed by atoms with van der Waals surface area (Å²) < 4.78 is 1.74. The zero-order valence-electron chi connectivity index (χ0n) is 9.97. The number of amides is 3. The van der Waals surface area contributed by atoms with E-state index in [1.54, 1.807) is 24.0 Å². The number of nitrogens with one attached hydrogen (secondary N) is 2.